The molecule has 38 heavy (non-hydrogen) atoms. The zero-order valence-electron chi connectivity index (χ0n) is 21.1. The van der Waals surface area contributed by atoms with E-state index in [1.54, 1.807) is 10.7 Å². The molecule has 1 fully saturated rings. The lowest BCUT2D eigenvalue weighted by Crippen LogP contribution is -2.45. The number of hydrogen-bond acceptors (Lipinski definition) is 5. The third kappa shape index (κ3) is 4.53. The van der Waals surface area contributed by atoms with Crippen molar-refractivity contribution in [3.63, 3.8) is 0 Å². The Labute approximate surface area is 219 Å². The summed E-state index contributed by atoms with van der Waals surface area (Å²) >= 11 is 0. The Balaban J connectivity index is 1.88. The van der Waals surface area contributed by atoms with Crippen LogP contribution in [0.25, 0.3) is 0 Å². The van der Waals surface area contributed by atoms with Crippen molar-refractivity contribution in [2.24, 2.45) is 9.74 Å². The van der Waals surface area contributed by atoms with Crippen molar-refractivity contribution in [1.82, 2.24) is 19.1 Å². The summed E-state index contributed by atoms with van der Waals surface area (Å²) in [5.74, 6) is 1.12. The molecule has 2 aliphatic rings. The van der Waals surface area contributed by atoms with Crippen molar-refractivity contribution in [3.05, 3.63) is 71.4 Å². The van der Waals surface area contributed by atoms with Gasteiger partial charge in [0.1, 0.15) is 5.84 Å². The van der Waals surface area contributed by atoms with Gasteiger partial charge in [0.2, 0.25) is 0 Å². The van der Waals surface area contributed by atoms with E-state index in [9.17, 15) is 18.4 Å². The minimum absolute atomic E-state index is 0.129. The molecule has 0 N–H and O–H groups in total. The van der Waals surface area contributed by atoms with Crippen LogP contribution in [0.2, 0.25) is 0 Å². The first-order valence-electron chi connectivity index (χ1n) is 12.2. The van der Waals surface area contributed by atoms with E-state index in [0.717, 1.165) is 11.6 Å². The number of ether oxygens (including phenoxy) is 1. The fourth-order valence-electron chi connectivity index (χ4n) is 4.92. The van der Waals surface area contributed by atoms with E-state index in [-0.39, 0.29) is 12.1 Å². The van der Waals surface area contributed by atoms with Crippen LogP contribution in [-0.2, 0) is 17.5 Å². The Kier molecular flexibility index (Phi) is 7.14. The number of benzene rings is 2. The molecule has 1 aromatic heterocycles. The van der Waals surface area contributed by atoms with Crippen molar-refractivity contribution in [1.29, 1.82) is 5.26 Å². The number of aromatic nitrogens is 2. The Hall–Kier alpha value is -3.45. The number of alkyl halides is 3. The lowest BCUT2D eigenvalue weighted by molar-refractivity contribution is -0.137. The number of hydrogen-bond donors (Lipinski definition) is 0. The molecule has 3 aromatic rings. The molecule has 0 bridgehead atoms. The highest BCUT2D eigenvalue weighted by molar-refractivity contribution is 7.70. The summed E-state index contributed by atoms with van der Waals surface area (Å²) < 4.78 is 59.0. The van der Waals surface area contributed by atoms with E-state index in [1.165, 1.54) is 12.1 Å². The fourth-order valence-corrected chi connectivity index (χ4v) is 8.78. The largest absolute Gasteiger partial charge is 0.418 e. The minimum Gasteiger partial charge on any atom is -0.379 e. The average molecular weight is 542 g/mol. The first-order valence-corrected chi connectivity index (χ1v) is 13.9. The number of amidine groups is 1. The standard InChI is InChI=1S/C26H27F3N7OP/c1-19-23-25(36(32-19)14-8-13-30)31-24(20-9-4-3-5-10-20)34(2)38(23,35-15-17-37-18-16-35)33-22-12-7-6-11-21(22)26(27,28)29/h3-7,9-12H,8,14-18H2,1-2H3/t38-/m1/s1. The van der Waals surface area contributed by atoms with E-state index in [4.69, 9.17) is 19.6 Å². The van der Waals surface area contributed by atoms with Crippen LogP contribution in [0.5, 0.6) is 0 Å². The molecule has 0 saturated carbocycles. The Bertz CT molecular complexity index is 1450. The number of halogens is 3. The maximum Gasteiger partial charge on any atom is 0.418 e. The second kappa shape index (κ2) is 10.4. The summed E-state index contributed by atoms with van der Waals surface area (Å²) in [4.78, 5) is 4.99. The molecule has 0 amide bonds. The summed E-state index contributed by atoms with van der Waals surface area (Å²) in [5, 5.41) is 14.7. The van der Waals surface area contributed by atoms with Crippen molar-refractivity contribution in [2.75, 3.05) is 33.4 Å². The molecule has 1 atom stereocenters. The van der Waals surface area contributed by atoms with Crippen LogP contribution in [0, 0.1) is 18.3 Å². The van der Waals surface area contributed by atoms with Crippen LogP contribution < -0.4 is 5.30 Å². The van der Waals surface area contributed by atoms with Gasteiger partial charge in [-0.1, -0.05) is 42.5 Å². The molecule has 0 unspecified atom stereocenters. The molecule has 1 saturated heterocycles. The number of morpholine rings is 1. The third-order valence-electron chi connectivity index (χ3n) is 6.61. The average Bonchev–Trinajstić information content (AvgIpc) is 3.24. The van der Waals surface area contributed by atoms with Crippen molar-refractivity contribution in [2.45, 2.75) is 26.1 Å². The van der Waals surface area contributed by atoms with Gasteiger partial charge in [0.25, 0.3) is 0 Å². The normalized spacial score (nSPS) is 20.0. The highest BCUT2D eigenvalue weighted by Crippen LogP contribution is 2.62. The van der Waals surface area contributed by atoms with Gasteiger partial charge in [-0.15, -0.1) is 0 Å². The lowest BCUT2D eigenvalue weighted by Gasteiger charge is -2.46. The predicted molar refractivity (Wildman–Crippen MR) is 140 cm³/mol. The SMILES string of the molecule is Cc1nn(CCC#N)c2c1[P@](=Nc1ccccc1C(F)(F)F)(N1CCOCC1)N(C)C(c1ccccc1)=N2. The first kappa shape index (κ1) is 26.2. The van der Waals surface area contributed by atoms with E-state index in [1.807, 2.05) is 49.0 Å². The van der Waals surface area contributed by atoms with Crippen LogP contribution in [0.1, 0.15) is 23.2 Å². The van der Waals surface area contributed by atoms with Gasteiger partial charge in [0.05, 0.1) is 54.5 Å². The number of aliphatic imine (C=N–C) groups is 1. The van der Waals surface area contributed by atoms with Gasteiger partial charge in [-0.3, -0.25) is 0 Å². The fraction of sp³-hybridized carbons (Fsp3) is 0.346. The van der Waals surface area contributed by atoms with Gasteiger partial charge in [-0.05, 0) is 19.1 Å². The van der Waals surface area contributed by atoms with E-state index in [0.29, 0.717) is 55.5 Å². The summed E-state index contributed by atoms with van der Waals surface area (Å²) in [6, 6.07) is 17.1. The van der Waals surface area contributed by atoms with Crippen LogP contribution in [0.15, 0.2) is 64.3 Å². The maximum absolute atomic E-state index is 14.2. The van der Waals surface area contributed by atoms with Crippen LogP contribution in [-0.4, -0.2) is 58.3 Å². The first-order chi connectivity index (χ1) is 18.3. The molecule has 0 radical (unpaired) electrons. The summed E-state index contributed by atoms with van der Waals surface area (Å²) in [6.45, 7) is 3.98. The Morgan fingerprint density at radius 2 is 1.76 bits per heavy atom. The number of rotatable bonds is 5. The maximum atomic E-state index is 14.2. The van der Waals surface area contributed by atoms with Gasteiger partial charge in [-0.25, -0.2) is 19.1 Å². The van der Waals surface area contributed by atoms with Crippen molar-refractivity contribution >= 4 is 30.0 Å². The molecule has 0 aliphatic carbocycles. The van der Waals surface area contributed by atoms with Crippen molar-refractivity contribution in [3.8, 4) is 6.07 Å². The smallest absolute Gasteiger partial charge is 0.379 e. The molecule has 3 heterocycles. The second-order valence-corrected chi connectivity index (χ2v) is 11.9. The van der Waals surface area contributed by atoms with E-state index < -0.39 is 19.1 Å². The van der Waals surface area contributed by atoms with Crippen LogP contribution >= 0.6 is 7.36 Å². The monoisotopic (exact) mass is 541 g/mol. The van der Waals surface area contributed by atoms with E-state index in [2.05, 4.69) is 10.7 Å². The molecule has 2 aliphatic heterocycles. The zero-order valence-corrected chi connectivity index (χ0v) is 22.0. The third-order valence-corrected chi connectivity index (χ3v) is 10.4. The van der Waals surface area contributed by atoms with Crippen molar-refractivity contribution < 1.29 is 17.9 Å². The highest BCUT2D eigenvalue weighted by atomic mass is 31.2. The Morgan fingerprint density at radius 3 is 2.45 bits per heavy atom. The van der Waals surface area contributed by atoms with Crippen LogP contribution in [0.4, 0.5) is 24.7 Å². The number of nitriles is 1. The molecule has 2 aromatic carbocycles. The highest BCUT2D eigenvalue weighted by Gasteiger charge is 2.46. The summed E-state index contributed by atoms with van der Waals surface area (Å²) in [7, 11) is -1.27. The molecule has 0 spiro atoms. The molecule has 5 rings (SSSR count). The van der Waals surface area contributed by atoms with Gasteiger partial charge >= 0.3 is 6.18 Å². The van der Waals surface area contributed by atoms with Gasteiger partial charge < -0.3 is 9.41 Å². The summed E-state index contributed by atoms with van der Waals surface area (Å²) in [6.07, 6.45) is -4.36. The molecule has 198 valence electrons. The quantitative estimate of drug-likeness (QED) is 0.401. The molecule has 12 heteroatoms. The number of aryl methyl sites for hydroxylation is 2. The zero-order chi connectivity index (χ0) is 26.9. The van der Waals surface area contributed by atoms with Gasteiger partial charge in [0.15, 0.2) is 13.2 Å². The van der Waals surface area contributed by atoms with E-state index >= 15 is 0 Å². The number of nitrogens with zero attached hydrogens (tertiary/aromatic N) is 7. The molecular formula is C26H27F3N7OP. The van der Waals surface area contributed by atoms with Crippen LogP contribution in [0.3, 0.4) is 0 Å². The topological polar surface area (TPSA) is 82.0 Å². The van der Waals surface area contributed by atoms with Gasteiger partial charge in [-0.2, -0.15) is 23.5 Å². The second-order valence-electron chi connectivity index (χ2n) is 8.96. The molecular weight excluding hydrogens is 514 g/mol. The minimum atomic E-state index is -4.57. The summed E-state index contributed by atoms with van der Waals surface area (Å²) in [5.41, 5.74) is 0.522. The Morgan fingerprint density at radius 1 is 1.08 bits per heavy atom. The predicted octanol–water partition coefficient (Wildman–Crippen LogP) is 5.47. The number of fused-ring (bicyclic) bond motifs is 1. The molecule has 8 nitrogen and oxygen atoms in total. The van der Waals surface area contributed by atoms with Gasteiger partial charge in [0, 0.05) is 25.7 Å². The lowest BCUT2D eigenvalue weighted by atomic mass is 10.2.